The van der Waals surface area contributed by atoms with Crippen LogP contribution in [0.15, 0.2) is 24.3 Å². The van der Waals surface area contributed by atoms with E-state index in [-0.39, 0.29) is 11.8 Å². The first-order chi connectivity index (χ1) is 13.0. The highest BCUT2D eigenvalue weighted by Gasteiger charge is 2.11. The number of anilines is 3. The fourth-order valence-electron chi connectivity index (χ4n) is 2.71. The number of hydrogen-bond acceptors (Lipinski definition) is 7. The normalized spacial score (nSPS) is 11.1. The van der Waals surface area contributed by atoms with Crippen molar-refractivity contribution in [3.05, 3.63) is 35.7 Å². The minimum atomic E-state index is 0.0926. The van der Waals surface area contributed by atoms with Crippen LogP contribution in [0.25, 0.3) is 11.6 Å². The number of nitrogen functional groups attached to an aromatic ring is 1. The van der Waals surface area contributed by atoms with Gasteiger partial charge in [0, 0.05) is 32.9 Å². The molecule has 0 spiro atoms. The third-order valence-electron chi connectivity index (χ3n) is 3.96. The lowest BCUT2D eigenvalue weighted by atomic mass is 10.1. The molecule has 1 aromatic carbocycles. The van der Waals surface area contributed by atoms with Crippen molar-refractivity contribution < 1.29 is 0 Å². The Morgan fingerprint density at radius 2 is 1.70 bits per heavy atom. The summed E-state index contributed by atoms with van der Waals surface area (Å²) in [5.41, 5.74) is 8.21. The Kier molecular flexibility index (Phi) is 7.12. The molecular formula is C20H27N7. The Labute approximate surface area is 161 Å². The van der Waals surface area contributed by atoms with Gasteiger partial charge in [-0.1, -0.05) is 26.0 Å². The average Bonchev–Trinajstić information content (AvgIpc) is 2.66. The molecule has 0 saturated heterocycles. The van der Waals surface area contributed by atoms with E-state index in [4.69, 9.17) is 5.73 Å². The number of aromatic nitrogens is 3. The number of hydrogen-bond donors (Lipinski definition) is 1. The second kappa shape index (κ2) is 9.53. The molecule has 0 bridgehead atoms. The zero-order chi connectivity index (χ0) is 19.8. The molecule has 0 saturated carbocycles. The van der Waals surface area contributed by atoms with Crippen LogP contribution in [0, 0.1) is 11.3 Å². The number of rotatable bonds is 8. The Hall–Kier alpha value is -3.14. The van der Waals surface area contributed by atoms with Gasteiger partial charge >= 0.3 is 0 Å². The van der Waals surface area contributed by atoms with Gasteiger partial charge in [-0.2, -0.15) is 20.2 Å². The maximum Gasteiger partial charge on any atom is 0.230 e. The summed E-state index contributed by atoms with van der Waals surface area (Å²) in [6.07, 6.45) is 3.98. The van der Waals surface area contributed by atoms with Crippen molar-refractivity contribution in [2.75, 3.05) is 42.7 Å². The van der Waals surface area contributed by atoms with E-state index in [9.17, 15) is 5.26 Å². The molecule has 142 valence electrons. The second-order valence-corrected chi connectivity index (χ2v) is 6.46. The summed E-state index contributed by atoms with van der Waals surface area (Å²) < 4.78 is 0. The smallest absolute Gasteiger partial charge is 0.230 e. The first-order valence-corrected chi connectivity index (χ1v) is 9.14. The van der Waals surface area contributed by atoms with Crippen LogP contribution >= 0.6 is 0 Å². The number of allylic oxidation sites excluding steroid dienone is 1. The van der Waals surface area contributed by atoms with Crippen molar-refractivity contribution in [3.63, 3.8) is 0 Å². The SMILES string of the molecule is CCCN(CCC)c1ccc(C=C(C#N)c2nc(N)nc(N(C)C)n2)cc1. The van der Waals surface area contributed by atoms with E-state index in [1.54, 1.807) is 11.0 Å². The van der Waals surface area contributed by atoms with E-state index in [1.807, 2.05) is 26.2 Å². The number of benzene rings is 1. The van der Waals surface area contributed by atoms with Gasteiger partial charge in [0.25, 0.3) is 0 Å². The molecule has 0 amide bonds. The monoisotopic (exact) mass is 365 g/mol. The van der Waals surface area contributed by atoms with Crippen molar-refractivity contribution >= 4 is 29.2 Å². The summed E-state index contributed by atoms with van der Waals surface area (Å²) >= 11 is 0. The molecule has 0 unspecified atom stereocenters. The van der Waals surface area contributed by atoms with Crippen LogP contribution in [0.3, 0.4) is 0 Å². The largest absolute Gasteiger partial charge is 0.372 e. The van der Waals surface area contributed by atoms with Crippen molar-refractivity contribution in [1.29, 1.82) is 5.26 Å². The van der Waals surface area contributed by atoms with Gasteiger partial charge in [-0.05, 0) is 36.6 Å². The molecule has 7 heteroatoms. The fraction of sp³-hybridized carbons (Fsp3) is 0.400. The van der Waals surface area contributed by atoms with Crippen LogP contribution in [-0.4, -0.2) is 42.1 Å². The maximum atomic E-state index is 9.56. The minimum Gasteiger partial charge on any atom is -0.372 e. The topological polar surface area (TPSA) is 95.0 Å². The lowest BCUT2D eigenvalue weighted by Crippen LogP contribution is -2.24. The quantitative estimate of drug-likeness (QED) is 0.718. The van der Waals surface area contributed by atoms with Gasteiger partial charge in [-0.25, -0.2) is 0 Å². The summed E-state index contributed by atoms with van der Waals surface area (Å²) in [4.78, 5) is 16.6. The van der Waals surface area contributed by atoms with Gasteiger partial charge in [0.05, 0.1) is 5.57 Å². The highest BCUT2D eigenvalue weighted by Crippen LogP contribution is 2.20. The Balaban J connectivity index is 2.32. The standard InChI is InChI=1S/C20H27N7/c1-5-11-27(12-6-2)17-9-7-15(8-10-17)13-16(14-21)18-23-19(22)25-20(24-18)26(3)4/h7-10,13H,5-6,11-12H2,1-4H3,(H2,22,23,24,25). The number of nitriles is 1. The van der Waals surface area contributed by atoms with Crippen LogP contribution < -0.4 is 15.5 Å². The molecule has 7 nitrogen and oxygen atoms in total. The minimum absolute atomic E-state index is 0.0926. The molecule has 1 heterocycles. The van der Waals surface area contributed by atoms with E-state index in [1.165, 1.54) is 5.69 Å². The molecule has 1 aromatic heterocycles. The van der Waals surface area contributed by atoms with Crippen LogP contribution in [0.5, 0.6) is 0 Å². The first-order valence-electron chi connectivity index (χ1n) is 9.14. The molecule has 2 N–H and O–H groups in total. The van der Waals surface area contributed by atoms with Crippen LogP contribution in [-0.2, 0) is 0 Å². The van der Waals surface area contributed by atoms with Gasteiger partial charge in [-0.15, -0.1) is 0 Å². The molecular weight excluding hydrogens is 338 g/mol. The van der Waals surface area contributed by atoms with Gasteiger partial charge in [-0.3, -0.25) is 0 Å². The van der Waals surface area contributed by atoms with Gasteiger partial charge in [0.2, 0.25) is 11.9 Å². The van der Waals surface area contributed by atoms with Crippen molar-refractivity contribution in [1.82, 2.24) is 15.0 Å². The summed E-state index contributed by atoms with van der Waals surface area (Å²) in [6, 6.07) is 10.3. The third-order valence-corrected chi connectivity index (χ3v) is 3.96. The van der Waals surface area contributed by atoms with Crippen molar-refractivity contribution in [2.24, 2.45) is 0 Å². The molecule has 0 atom stereocenters. The predicted octanol–water partition coefficient (Wildman–Crippen LogP) is 3.21. The summed E-state index contributed by atoms with van der Waals surface area (Å²) in [5, 5.41) is 9.56. The maximum absolute atomic E-state index is 9.56. The molecule has 27 heavy (non-hydrogen) atoms. The highest BCUT2D eigenvalue weighted by molar-refractivity contribution is 5.87. The van der Waals surface area contributed by atoms with E-state index in [2.05, 4.69) is 51.9 Å². The van der Waals surface area contributed by atoms with E-state index < -0.39 is 0 Å². The molecule has 0 aliphatic rings. The lowest BCUT2D eigenvalue weighted by Gasteiger charge is -2.23. The van der Waals surface area contributed by atoms with Crippen LogP contribution in [0.4, 0.5) is 17.6 Å². The Morgan fingerprint density at radius 1 is 1.07 bits per heavy atom. The average molecular weight is 365 g/mol. The number of nitrogens with two attached hydrogens (primary N) is 1. The predicted molar refractivity (Wildman–Crippen MR) is 111 cm³/mol. The third kappa shape index (κ3) is 5.42. The van der Waals surface area contributed by atoms with Crippen LogP contribution in [0.1, 0.15) is 38.1 Å². The Bertz CT molecular complexity index is 813. The fourth-order valence-corrected chi connectivity index (χ4v) is 2.71. The number of nitrogens with zero attached hydrogens (tertiary/aromatic N) is 6. The zero-order valence-corrected chi connectivity index (χ0v) is 16.5. The molecule has 0 radical (unpaired) electrons. The summed E-state index contributed by atoms with van der Waals surface area (Å²) in [7, 11) is 3.62. The van der Waals surface area contributed by atoms with Gasteiger partial charge < -0.3 is 15.5 Å². The van der Waals surface area contributed by atoms with Crippen molar-refractivity contribution in [3.8, 4) is 6.07 Å². The summed E-state index contributed by atoms with van der Waals surface area (Å²) in [5.74, 6) is 0.787. The van der Waals surface area contributed by atoms with Gasteiger partial charge in [0.1, 0.15) is 6.07 Å². The highest BCUT2D eigenvalue weighted by atomic mass is 15.3. The lowest BCUT2D eigenvalue weighted by molar-refractivity contribution is 0.745. The van der Waals surface area contributed by atoms with E-state index in [0.717, 1.165) is 31.5 Å². The molecule has 0 aliphatic heterocycles. The molecule has 2 rings (SSSR count). The molecule has 0 fully saturated rings. The van der Waals surface area contributed by atoms with Gasteiger partial charge in [0.15, 0.2) is 5.82 Å². The van der Waals surface area contributed by atoms with Crippen molar-refractivity contribution in [2.45, 2.75) is 26.7 Å². The second-order valence-electron chi connectivity index (χ2n) is 6.46. The van der Waals surface area contributed by atoms with E-state index in [0.29, 0.717) is 11.5 Å². The molecule has 0 aliphatic carbocycles. The van der Waals surface area contributed by atoms with E-state index >= 15 is 0 Å². The van der Waals surface area contributed by atoms with Crippen LogP contribution in [0.2, 0.25) is 0 Å². The Morgan fingerprint density at radius 3 is 2.22 bits per heavy atom. The first kappa shape index (κ1) is 20.2. The zero-order valence-electron chi connectivity index (χ0n) is 16.5. The molecule has 2 aromatic rings. The summed E-state index contributed by atoms with van der Waals surface area (Å²) in [6.45, 7) is 6.43.